The summed E-state index contributed by atoms with van der Waals surface area (Å²) >= 11 is 0. The third-order valence-electron chi connectivity index (χ3n) is 3.98. The first-order chi connectivity index (χ1) is 7.05. The Morgan fingerprint density at radius 2 is 2.27 bits per heavy atom. The molecule has 1 aliphatic carbocycles. The van der Waals surface area contributed by atoms with E-state index in [1.165, 1.54) is 6.42 Å². The van der Waals surface area contributed by atoms with Crippen LogP contribution >= 0.6 is 0 Å². The molecule has 0 saturated heterocycles. The highest BCUT2D eigenvalue weighted by molar-refractivity contribution is 5.11. The fourth-order valence-corrected chi connectivity index (χ4v) is 2.68. The molecular formula is C11H19N3O. The van der Waals surface area contributed by atoms with Crippen molar-refractivity contribution in [3.63, 3.8) is 0 Å². The number of aliphatic hydroxyl groups is 1. The normalized spacial score (nSPS) is 36.8. The molecule has 15 heavy (non-hydrogen) atoms. The van der Waals surface area contributed by atoms with E-state index in [-0.39, 0.29) is 5.92 Å². The lowest BCUT2D eigenvalue weighted by Crippen LogP contribution is -2.41. The number of aryl methyl sites for hydroxylation is 1. The van der Waals surface area contributed by atoms with E-state index >= 15 is 0 Å². The van der Waals surface area contributed by atoms with Crippen molar-refractivity contribution in [2.24, 2.45) is 18.9 Å². The molecule has 0 aliphatic heterocycles. The monoisotopic (exact) mass is 209 g/mol. The first-order valence-corrected chi connectivity index (χ1v) is 5.63. The smallest absolute Gasteiger partial charge is 0.111 e. The maximum absolute atomic E-state index is 10.8. The average Bonchev–Trinajstić information content (AvgIpc) is 2.61. The molecule has 1 aromatic rings. The Kier molecular flexibility index (Phi) is 2.54. The van der Waals surface area contributed by atoms with Crippen LogP contribution in [0.15, 0.2) is 6.20 Å². The highest BCUT2D eigenvalue weighted by atomic mass is 16.3. The van der Waals surface area contributed by atoms with Crippen LogP contribution in [0.2, 0.25) is 0 Å². The third-order valence-corrected chi connectivity index (χ3v) is 3.98. The van der Waals surface area contributed by atoms with Crippen LogP contribution in [0.5, 0.6) is 0 Å². The highest BCUT2D eigenvalue weighted by Crippen LogP contribution is 2.43. The predicted octanol–water partition coefficient (Wildman–Crippen LogP) is 1.46. The number of nitrogens with zero attached hydrogens (tertiary/aromatic N) is 3. The molecule has 4 heteroatoms. The van der Waals surface area contributed by atoms with E-state index in [9.17, 15) is 5.11 Å². The Morgan fingerprint density at radius 1 is 1.53 bits per heavy atom. The molecule has 4 nitrogen and oxygen atoms in total. The fourth-order valence-electron chi connectivity index (χ4n) is 2.68. The van der Waals surface area contributed by atoms with Gasteiger partial charge in [-0.05, 0) is 24.7 Å². The largest absolute Gasteiger partial charge is 0.383 e. The first-order valence-electron chi connectivity index (χ1n) is 5.63. The van der Waals surface area contributed by atoms with Crippen molar-refractivity contribution in [1.82, 2.24) is 15.0 Å². The van der Waals surface area contributed by atoms with Crippen molar-refractivity contribution in [1.29, 1.82) is 0 Å². The average molecular weight is 209 g/mol. The van der Waals surface area contributed by atoms with Gasteiger partial charge in [-0.3, -0.25) is 0 Å². The van der Waals surface area contributed by atoms with Gasteiger partial charge in [-0.1, -0.05) is 25.5 Å². The van der Waals surface area contributed by atoms with Gasteiger partial charge in [0.25, 0.3) is 0 Å². The van der Waals surface area contributed by atoms with Gasteiger partial charge < -0.3 is 5.11 Å². The standard InChI is InChI=1S/C11H19N3O/c1-8-5-4-6-11(15,9(8)2)10-7-12-13-14(10)3/h7-9,15H,4-6H2,1-3H3. The van der Waals surface area contributed by atoms with Crippen molar-refractivity contribution < 1.29 is 5.11 Å². The summed E-state index contributed by atoms with van der Waals surface area (Å²) in [6.45, 7) is 4.33. The Bertz CT molecular complexity index is 349. The van der Waals surface area contributed by atoms with Gasteiger partial charge in [0.1, 0.15) is 5.60 Å². The second-order valence-corrected chi connectivity index (χ2v) is 4.83. The van der Waals surface area contributed by atoms with Crippen LogP contribution in [0.4, 0.5) is 0 Å². The van der Waals surface area contributed by atoms with Gasteiger partial charge in [-0.15, -0.1) is 5.10 Å². The molecule has 3 atom stereocenters. The van der Waals surface area contributed by atoms with Crippen LogP contribution < -0.4 is 0 Å². The van der Waals surface area contributed by atoms with Gasteiger partial charge in [0.15, 0.2) is 0 Å². The van der Waals surface area contributed by atoms with E-state index in [4.69, 9.17) is 0 Å². The van der Waals surface area contributed by atoms with Gasteiger partial charge in [0.2, 0.25) is 0 Å². The fraction of sp³-hybridized carbons (Fsp3) is 0.818. The highest BCUT2D eigenvalue weighted by Gasteiger charge is 2.43. The minimum absolute atomic E-state index is 0.267. The summed E-state index contributed by atoms with van der Waals surface area (Å²) in [7, 11) is 1.84. The summed E-state index contributed by atoms with van der Waals surface area (Å²) in [5, 5.41) is 18.5. The Labute approximate surface area is 90.3 Å². The summed E-state index contributed by atoms with van der Waals surface area (Å²) < 4.78 is 1.69. The second kappa shape index (κ2) is 3.59. The topological polar surface area (TPSA) is 50.9 Å². The van der Waals surface area contributed by atoms with Gasteiger partial charge in [0, 0.05) is 7.05 Å². The molecule has 1 saturated carbocycles. The molecule has 1 fully saturated rings. The SMILES string of the molecule is CC1CCCC(O)(c2cnnn2C)C1C. The lowest BCUT2D eigenvalue weighted by Gasteiger charge is -2.41. The summed E-state index contributed by atoms with van der Waals surface area (Å²) in [6, 6.07) is 0. The quantitative estimate of drug-likeness (QED) is 0.761. The zero-order valence-corrected chi connectivity index (χ0v) is 9.64. The third kappa shape index (κ3) is 1.57. The minimum atomic E-state index is -0.740. The van der Waals surface area contributed by atoms with Crippen molar-refractivity contribution in [3.8, 4) is 0 Å². The molecule has 1 aliphatic rings. The van der Waals surface area contributed by atoms with Crippen LogP contribution in [-0.2, 0) is 12.6 Å². The molecular weight excluding hydrogens is 190 g/mol. The van der Waals surface area contributed by atoms with Crippen LogP contribution in [0.1, 0.15) is 38.8 Å². The lowest BCUT2D eigenvalue weighted by molar-refractivity contribution is -0.0747. The summed E-state index contributed by atoms with van der Waals surface area (Å²) in [5.41, 5.74) is 0.108. The van der Waals surface area contributed by atoms with Crippen molar-refractivity contribution in [2.75, 3.05) is 0 Å². The second-order valence-electron chi connectivity index (χ2n) is 4.83. The van der Waals surface area contributed by atoms with E-state index < -0.39 is 5.60 Å². The van der Waals surface area contributed by atoms with E-state index in [0.29, 0.717) is 5.92 Å². The van der Waals surface area contributed by atoms with Crippen LogP contribution in [0.25, 0.3) is 0 Å². The van der Waals surface area contributed by atoms with Gasteiger partial charge in [0.05, 0.1) is 11.9 Å². The van der Waals surface area contributed by atoms with E-state index in [0.717, 1.165) is 18.5 Å². The predicted molar refractivity (Wildman–Crippen MR) is 57.1 cm³/mol. The van der Waals surface area contributed by atoms with E-state index in [1.807, 2.05) is 7.05 Å². The molecule has 3 unspecified atom stereocenters. The molecule has 0 bridgehead atoms. The van der Waals surface area contributed by atoms with E-state index in [1.54, 1.807) is 10.9 Å². The number of rotatable bonds is 1. The molecule has 1 N–H and O–H groups in total. The molecule has 0 radical (unpaired) electrons. The van der Waals surface area contributed by atoms with Gasteiger partial charge in [-0.25, -0.2) is 4.68 Å². The Balaban J connectivity index is 2.36. The van der Waals surface area contributed by atoms with Gasteiger partial charge in [-0.2, -0.15) is 0 Å². The number of aromatic nitrogens is 3. The molecule has 0 amide bonds. The van der Waals surface area contributed by atoms with Crippen LogP contribution in [-0.4, -0.2) is 20.1 Å². The van der Waals surface area contributed by atoms with Crippen molar-refractivity contribution in [2.45, 2.75) is 38.7 Å². The molecule has 0 spiro atoms. The number of hydrogen-bond acceptors (Lipinski definition) is 3. The minimum Gasteiger partial charge on any atom is -0.383 e. The van der Waals surface area contributed by atoms with Crippen molar-refractivity contribution in [3.05, 3.63) is 11.9 Å². The number of hydrogen-bond donors (Lipinski definition) is 1. The zero-order chi connectivity index (χ0) is 11.1. The molecule has 0 aromatic carbocycles. The molecule has 1 heterocycles. The van der Waals surface area contributed by atoms with Crippen LogP contribution in [0.3, 0.4) is 0 Å². The zero-order valence-electron chi connectivity index (χ0n) is 9.64. The summed E-state index contributed by atoms with van der Waals surface area (Å²) in [5.74, 6) is 0.821. The first kappa shape index (κ1) is 10.6. The van der Waals surface area contributed by atoms with Crippen LogP contribution in [0, 0.1) is 11.8 Å². The lowest BCUT2D eigenvalue weighted by atomic mass is 9.69. The maximum atomic E-state index is 10.8. The molecule has 84 valence electrons. The summed E-state index contributed by atoms with van der Waals surface area (Å²) in [4.78, 5) is 0. The van der Waals surface area contributed by atoms with E-state index in [2.05, 4.69) is 24.2 Å². The maximum Gasteiger partial charge on any atom is 0.111 e. The van der Waals surface area contributed by atoms with Gasteiger partial charge >= 0.3 is 0 Å². The Morgan fingerprint density at radius 3 is 2.87 bits per heavy atom. The summed E-state index contributed by atoms with van der Waals surface area (Å²) in [6.07, 6.45) is 4.79. The molecule has 1 aromatic heterocycles. The Hall–Kier alpha value is -0.900. The van der Waals surface area contributed by atoms with Crippen molar-refractivity contribution >= 4 is 0 Å². The molecule has 2 rings (SSSR count).